The molecular weight excluding hydrogens is 313 g/mol. The van der Waals surface area contributed by atoms with Crippen LogP contribution in [0.1, 0.15) is 22.1 Å². The van der Waals surface area contributed by atoms with Gasteiger partial charge in [0.1, 0.15) is 11.6 Å². The van der Waals surface area contributed by atoms with Crippen LogP contribution in [0.25, 0.3) is 0 Å². The predicted octanol–water partition coefficient (Wildman–Crippen LogP) is 5.91. The number of benzene rings is 2. The smallest absolute Gasteiger partial charge is 0.134 e. The fourth-order valence-corrected chi connectivity index (χ4v) is 2.62. The Hall–Kier alpha value is -0.830. The summed E-state index contributed by atoms with van der Waals surface area (Å²) in [5.74, 6) is -1.38. The lowest BCUT2D eigenvalue weighted by Crippen LogP contribution is -2.03. The topological polar surface area (TPSA) is 0 Å². The molecule has 1 atom stereocenters. The molecule has 0 aromatic heterocycles. The lowest BCUT2D eigenvalue weighted by molar-refractivity contribution is 0.553. The van der Waals surface area contributed by atoms with Gasteiger partial charge in [0.15, 0.2) is 0 Å². The van der Waals surface area contributed by atoms with Gasteiger partial charge < -0.3 is 0 Å². The number of aryl methyl sites for hydroxylation is 1. The Morgan fingerprint density at radius 1 is 1.05 bits per heavy atom. The van der Waals surface area contributed by atoms with Gasteiger partial charge >= 0.3 is 0 Å². The van der Waals surface area contributed by atoms with Crippen molar-refractivity contribution < 1.29 is 8.78 Å². The lowest BCUT2D eigenvalue weighted by atomic mass is 10.0. The highest BCUT2D eigenvalue weighted by atomic mass is 35.5. The third kappa shape index (κ3) is 2.86. The molecule has 0 amide bonds. The van der Waals surface area contributed by atoms with Crippen LogP contribution >= 0.6 is 34.8 Å². The molecule has 0 bridgehead atoms. The average Bonchev–Trinajstić information content (AvgIpc) is 2.37. The molecule has 0 spiro atoms. The van der Waals surface area contributed by atoms with Crippen LogP contribution in [0.3, 0.4) is 0 Å². The molecule has 0 radical (unpaired) electrons. The maximum Gasteiger partial charge on any atom is 0.134 e. The van der Waals surface area contributed by atoms with Crippen molar-refractivity contribution in [1.82, 2.24) is 0 Å². The molecule has 0 nitrogen and oxygen atoms in total. The maximum absolute atomic E-state index is 14.0. The van der Waals surface area contributed by atoms with Crippen LogP contribution in [-0.4, -0.2) is 0 Å². The summed E-state index contributed by atoms with van der Waals surface area (Å²) in [6.07, 6.45) is 0. The van der Waals surface area contributed by atoms with Gasteiger partial charge in [0, 0.05) is 15.6 Å². The molecule has 0 fully saturated rings. The Balaban J connectivity index is 2.59. The molecule has 1 unspecified atom stereocenters. The Morgan fingerprint density at radius 2 is 1.74 bits per heavy atom. The summed E-state index contributed by atoms with van der Waals surface area (Å²) >= 11 is 18.0. The van der Waals surface area contributed by atoms with Gasteiger partial charge in [-0.2, -0.15) is 0 Å². The predicted molar refractivity (Wildman–Crippen MR) is 75.3 cm³/mol. The summed E-state index contributed by atoms with van der Waals surface area (Å²) in [4.78, 5) is 0. The first kappa shape index (κ1) is 14.6. The molecule has 2 aromatic carbocycles. The van der Waals surface area contributed by atoms with E-state index in [-0.39, 0.29) is 5.56 Å². The average molecular weight is 322 g/mol. The maximum atomic E-state index is 14.0. The number of alkyl halides is 1. The second-order valence-electron chi connectivity index (χ2n) is 4.12. The van der Waals surface area contributed by atoms with E-state index in [9.17, 15) is 8.78 Å². The van der Waals surface area contributed by atoms with Gasteiger partial charge in [-0.05, 0) is 42.3 Å². The van der Waals surface area contributed by atoms with E-state index in [1.807, 2.05) is 0 Å². The van der Waals surface area contributed by atoms with Gasteiger partial charge in [-0.15, -0.1) is 11.6 Å². The number of halogens is 5. The zero-order chi connectivity index (χ0) is 14.2. The van der Waals surface area contributed by atoms with Gasteiger partial charge in [0.2, 0.25) is 0 Å². The molecule has 100 valence electrons. The van der Waals surface area contributed by atoms with E-state index >= 15 is 0 Å². The van der Waals surface area contributed by atoms with E-state index < -0.39 is 17.0 Å². The van der Waals surface area contributed by atoms with Crippen LogP contribution in [0.4, 0.5) is 8.78 Å². The lowest BCUT2D eigenvalue weighted by Gasteiger charge is -2.15. The second kappa shape index (κ2) is 5.66. The fraction of sp³-hybridized carbons (Fsp3) is 0.143. The van der Waals surface area contributed by atoms with Crippen molar-refractivity contribution in [2.45, 2.75) is 12.3 Å². The summed E-state index contributed by atoms with van der Waals surface area (Å²) in [6.45, 7) is 1.54. The monoisotopic (exact) mass is 320 g/mol. The van der Waals surface area contributed by atoms with Gasteiger partial charge in [-0.1, -0.05) is 29.3 Å². The largest absolute Gasteiger partial charge is 0.207 e. The van der Waals surface area contributed by atoms with Crippen molar-refractivity contribution in [2.24, 2.45) is 0 Å². The minimum absolute atomic E-state index is 0.217. The van der Waals surface area contributed by atoms with E-state index in [1.165, 1.54) is 18.2 Å². The van der Waals surface area contributed by atoms with E-state index in [0.717, 1.165) is 0 Å². The number of hydrogen-bond donors (Lipinski definition) is 0. The van der Waals surface area contributed by atoms with Gasteiger partial charge in [0.25, 0.3) is 0 Å². The fourth-order valence-electron chi connectivity index (χ4n) is 1.78. The number of rotatable bonds is 2. The molecular formula is C14H9Cl3F2. The molecule has 0 saturated carbocycles. The molecule has 5 heteroatoms. The van der Waals surface area contributed by atoms with Crippen molar-refractivity contribution in [3.8, 4) is 0 Å². The summed E-state index contributed by atoms with van der Waals surface area (Å²) in [5.41, 5.74) is 0.477. The highest BCUT2D eigenvalue weighted by Crippen LogP contribution is 2.38. The SMILES string of the molecule is Cc1ccc(F)c(C(Cl)c2cc(Cl)ccc2Cl)c1F. The van der Waals surface area contributed by atoms with Gasteiger partial charge in [-0.25, -0.2) is 8.78 Å². The molecule has 0 aliphatic heterocycles. The summed E-state index contributed by atoms with van der Waals surface area (Å²) in [7, 11) is 0. The highest BCUT2D eigenvalue weighted by molar-refractivity contribution is 6.35. The van der Waals surface area contributed by atoms with Crippen molar-refractivity contribution in [2.75, 3.05) is 0 Å². The molecule has 0 N–H and O–H groups in total. The van der Waals surface area contributed by atoms with Crippen LogP contribution in [-0.2, 0) is 0 Å². The van der Waals surface area contributed by atoms with Gasteiger partial charge in [-0.3, -0.25) is 0 Å². The molecule has 0 aliphatic carbocycles. The molecule has 0 saturated heterocycles. The minimum Gasteiger partial charge on any atom is -0.207 e. The van der Waals surface area contributed by atoms with Crippen LogP contribution < -0.4 is 0 Å². The summed E-state index contributed by atoms with van der Waals surface area (Å²) < 4.78 is 27.8. The molecule has 2 rings (SSSR count). The Morgan fingerprint density at radius 3 is 2.42 bits per heavy atom. The first-order valence-electron chi connectivity index (χ1n) is 5.45. The zero-order valence-corrected chi connectivity index (χ0v) is 12.1. The van der Waals surface area contributed by atoms with Crippen LogP contribution in [0.15, 0.2) is 30.3 Å². The first-order valence-corrected chi connectivity index (χ1v) is 6.64. The Kier molecular flexibility index (Phi) is 4.34. The van der Waals surface area contributed by atoms with E-state index in [1.54, 1.807) is 19.1 Å². The van der Waals surface area contributed by atoms with Crippen molar-refractivity contribution >= 4 is 34.8 Å². The Bertz CT molecular complexity index is 626. The van der Waals surface area contributed by atoms with Crippen LogP contribution in [0.2, 0.25) is 10.0 Å². The summed E-state index contributed by atoms with van der Waals surface area (Å²) in [6, 6.07) is 7.17. The second-order valence-corrected chi connectivity index (χ2v) is 5.40. The van der Waals surface area contributed by atoms with E-state index in [2.05, 4.69) is 0 Å². The molecule has 19 heavy (non-hydrogen) atoms. The van der Waals surface area contributed by atoms with Crippen molar-refractivity contribution in [3.63, 3.8) is 0 Å². The third-order valence-corrected chi connectivity index (χ3v) is 3.84. The van der Waals surface area contributed by atoms with Crippen molar-refractivity contribution in [3.05, 3.63) is 68.7 Å². The van der Waals surface area contributed by atoms with Gasteiger partial charge in [0.05, 0.1) is 5.38 Å². The minimum atomic E-state index is -1.04. The zero-order valence-electron chi connectivity index (χ0n) is 9.85. The first-order chi connectivity index (χ1) is 8.91. The highest BCUT2D eigenvalue weighted by Gasteiger charge is 2.23. The molecule has 0 aliphatic rings. The molecule has 0 heterocycles. The third-order valence-electron chi connectivity index (χ3n) is 2.80. The summed E-state index contributed by atoms with van der Waals surface area (Å²) in [5, 5.41) is -0.325. The van der Waals surface area contributed by atoms with E-state index in [4.69, 9.17) is 34.8 Å². The van der Waals surface area contributed by atoms with Crippen LogP contribution in [0, 0.1) is 18.6 Å². The normalized spacial score (nSPS) is 12.5. The standard InChI is InChI=1S/C14H9Cl3F2/c1-7-2-5-11(18)12(14(7)19)13(17)9-6-8(15)3-4-10(9)16/h2-6,13H,1H3. The molecule has 2 aromatic rings. The van der Waals surface area contributed by atoms with Crippen molar-refractivity contribution in [1.29, 1.82) is 0 Å². The van der Waals surface area contributed by atoms with Crippen LogP contribution in [0.5, 0.6) is 0 Å². The van der Waals surface area contributed by atoms with E-state index in [0.29, 0.717) is 21.2 Å². The number of hydrogen-bond acceptors (Lipinski definition) is 0. The quantitative estimate of drug-likeness (QED) is 0.603. The Labute approximate surface area is 124 Å².